The Hall–Kier alpha value is -1.92. The predicted molar refractivity (Wildman–Crippen MR) is 96.6 cm³/mol. The molecule has 0 radical (unpaired) electrons. The minimum absolute atomic E-state index is 0.361. The first kappa shape index (κ1) is 16.5. The van der Waals surface area contributed by atoms with Crippen molar-refractivity contribution in [3.63, 3.8) is 0 Å². The molecule has 134 valence electrons. The fourth-order valence-corrected chi connectivity index (χ4v) is 3.62. The molecule has 0 saturated carbocycles. The van der Waals surface area contributed by atoms with Gasteiger partial charge in [0.2, 0.25) is 0 Å². The van der Waals surface area contributed by atoms with E-state index in [0.29, 0.717) is 17.9 Å². The first-order valence-corrected chi connectivity index (χ1v) is 9.36. The number of rotatable bonds is 6. The zero-order valence-electron chi connectivity index (χ0n) is 14.6. The van der Waals surface area contributed by atoms with Gasteiger partial charge in [0, 0.05) is 25.2 Å². The average molecular weight is 342 g/mol. The number of aromatic nitrogens is 2. The summed E-state index contributed by atoms with van der Waals surface area (Å²) in [5.41, 5.74) is 0.960. The van der Waals surface area contributed by atoms with Crippen LogP contribution >= 0.6 is 0 Å². The number of likely N-dealkylation sites (tertiary alicyclic amines) is 1. The summed E-state index contributed by atoms with van der Waals surface area (Å²) in [6.07, 6.45) is 5.09. The molecule has 1 aromatic carbocycles. The molecule has 6 heteroatoms. The van der Waals surface area contributed by atoms with E-state index in [9.17, 15) is 0 Å². The highest BCUT2D eigenvalue weighted by atomic mass is 16.5. The van der Waals surface area contributed by atoms with E-state index in [1.165, 1.54) is 25.9 Å². The summed E-state index contributed by atoms with van der Waals surface area (Å²) < 4.78 is 11.5. The van der Waals surface area contributed by atoms with Gasteiger partial charge in [0.15, 0.2) is 0 Å². The third-order valence-corrected chi connectivity index (χ3v) is 5.12. The number of nitrogens with zero attached hydrogens (tertiary/aromatic N) is 4. The number of ether oxygens (including phenoxy) is 1. The molecule has 0 aliphatic carbocycles. The number of anilines is 1. The standard InChI is InChI=1S/C19H26N4O2/c1-2-6-16(7-3-1)18-20-19(21-25-18)23-12-8-17(9-13-23)24-15-14-22-10-4-5-11-22/h1-3,6-7,17H,4-5,8-15H2. The zero-order chi connectivity index (χ0) is 16.9. The summed E-state index contributed by atoms with van der Waals surface area (Å²) in [6.45, 7) is 6.24. The van der Waals surface area contributed by atoms with Crippen molar-refractivity contribution in [2.24, 2.45) is 0 Å². The maximum absolute atomic E-state index is 6.07. The lowest BCUT2D eigenvalue weighted by atomic mass is 10.1. The highest BCUT2D eigenvalue weighted by Crippen LogP contribution is 2.23. The van der Waals surface area contributed by atoms with Crippen molar-refractivity contribution in [1.82, 2.24) is 15.0 Å². The van der Waals surface area contributed by atoms with Gasteiger partial charge in [-0.1, -0.05) is 18.2 Å². The van der Waals surface area contributed by atoms with Crippen LogP contribution in [0.3, 0.4) is 0 Å². The van der Waals surface area contributed by atoms with Crippen LogP contribution in [0.1, 0.15) is 25.7 Å². The van der Waals surface area contributed by atoms with E-state index in [1.54, 1.807) is 0 Å². The van der Waals surface area contributed by atoms with Crippen LogP contribution in [-0.4, -0.2) is 60.5 Å². The minimum atomic E-state index is 0.361. The topological polar surface area (TPSA) is 54.6 Å². The summed E-state index contributed by atoms with van der Waals surface area (Å²) >= 11 is 0. The van der Waals surface area contributed by atoms with Gasteiger partial charge in [-0.15, -0.1) is 0 Å². The van der Waals surface area contributed by atoms with Crippen LogP contribution < -0.4 is 4.90 Å². The monoisotopic (exact) mass is 342 g/mol. The largest absolute Gasteiger partial charge is 0.377 e. The van der Waals surface area contributed by atoms with Gasteiger partial charge in [-0.3, -0.25) is 0 Å². The molecule has 0 bridgehead atoms. The lowest BCUT2D eigenvalue weighted by Gasteiger charge is -2.31. The minimum Gasteiger partial charge on any atom is -0.377 e. The summed E-state index contributed by atoms with van der Waals surface area (Å²) in [6, 6.07) is 9.90. The second-order valence-corrected chi connectivity index (χ2v) is 6.87. The predicted octanol–water partition coefficient (Wildman–Crippen LogP) is 2.82. The van der Waals surface area contributed by atoms with Crippen molar-refractivity contribution >= 4 is 5.95 Å². The Balaban J connectivity index is 1.24. The number of piperidine rings is 1. The van der Waals surface area contributed by atoms with E-state index in [4.69, 9.17) is 9.26 Å². The van der Waals surface area contributed by atoms with Gasteiger partial charge >= 0.3 is 0 Å². The highest BCUT2D eigenvalue weighted by molar-refractivity contribution is 5.54. The summed E-state index contributed by atoms with van der Waals surface area (Å²) in [5, 5.41) is 4.15. The van der Waals surface area contributed by atoms with E-state index in [2.05, 4.69) is 19.9 Å². The third-order valence-electron chi connectivity index (χ3n) is 5.12. The molecule has 2 aliphatic rings. The summed E-state index contributed by atoms with van der Waals surface area (Å²) in [4.78, 5) is 9.23. The maximum Gasteiger partial charge on any atom is 0.266 e. The molecule has 25 heavy (non-hydrogen) atoms. The average Bonchev–Trinajstić information content (AvgIpc) is 3.35. The van der Waals surface area contributed by atoms with Gasteiger partial charge in [0.05, 0.1) is 12.7 Å². The summed E-state index contributed by atoms with van der Waals surface area (Å²) in [5.74, 6) is 1.27. The number of hydrogen-bond acceptors (Lipinski definition) is 6. The summed E-state index contributed by atoms with van der Waals surface area (Å²) in [7, 11) is 0. The van der Waals surface area contributed by atoms with Gasteiger partial charge in [0.25, 0.3) is 11.8 Å². The molecule has 4 rings (SSSR count). The lowest BCUT2D eigenvalue weighted by molar-refractivity contribution is 0.0264. The van der Waals surface area contributed by atoms with E-state index in [1.807, 2.05) is 30.3 Å². The molecule has 0 amide bonds. The van der Waals surface area contributed by atoms with Gasteiger partial charge in [-0.2, -0.15) is 4.98 Å². The van der Waals surface area contributed by atoms with Gasteiger partial charge in [0.1, 0.15) is 0 Å². The molecule has 1 aromatic heterocycles. The molecule has 2 saturated heterocycles. The van der Waals surface area contributed by atoms with E-state index >= 15 is 0 Å². The van der Waals surface area contributed by atoms with Crippen molar-refractivity contribution in [3.05, 3.63) is 30.3 Å². The normalized spacial score (nSPS) is 19.6. The Bertz CT molecular complexity index is 646. The Morgan fingerprint density at radius 2 is 1.80 bits per heavy atom. The van der Waals surface area contributed by atoms with Crippen molar-refractivity contribution in [2.45, 2.75) is 31.8 Å². The fourth-order valence-electron chi connectivity index (χ4n) is 3.62. The molecule has 0 N–H and O–H groups in total. The van der Waals surface area contributed by atoms with E-state index in [-0.39, 0.29) is 0 Å². The molecule has 0 atom stereocenters. The lowest BCUT2D eigenvalue weighted by Crippen LogP contribution is -2.38. The van der Waals surface area contributed by atoms with Crippen molar-refractivity contribution in [3.8, 4) is 11.5 Å². The quantitative estimate of drug-likeness (QED) is 0.805. The first-order chi connectivity index (χ1) is 12.4. The van der Waals surface area contributed by atoms with Crippen LogP contribution in [0.25, 0.3) is 11.5 Å². The van der Waals surface area contributed by atoms with Crippen LogP contribution in [0.2, 0.25) is 0 Å². The zero-order valence-corrected chi connectivity index (χ0v) is 14.6. The smallest absolute Gasteiger partial charge is 0.266 e. The second kappa shape index (κ2) is 7.97. The van der Waals surface area contributed by atoms with Gasteiger partial charge in [-0.25, -0.2) is 0 Å². The van der Waals surface area contributed by atoms with Crippen LogP contribution in [0.4, 0.5) is 5.95 Å². The van der Waals surface area contributed by atoms with Crippen molar-refractivity contribution in [2.75, 3.05) is 44.2 Å². The number of benzene rings is 1. The second-order valence-electron chi connectivity index (χ2n) is 6.87. The Morgan fingerprint density at radius 1 is 1.04 bits per heavy atom. The number of hydrogen-bond donors (Lipinski definition) is 0. The van der Waals surface area contributed by atoms with Crippen LogP contribution in [0.15, 0.2) is 34.9 Å². The molecule has 2 fully saturated rings. The van der Waals surface area contributed by atoms with Gasteiger partial charge in [-0.05, 0) is 56.1 Å². The van der Waals surface area contributed by atoms with Crippen LogP contribution in [-0.2, 0) is 4.74 Å². The van der Waals surface area contributed by atoms with Crippen molar-refractivity contribution in [1.29, 1.82) is 0 Å². The van der Waals surface area contributed by atoms with Crippen LogP contribution in [0.5, 0.6) is 0 Å². The van der Waals surface area contributed by atoms with Gasteiger partial charge < -0.3 is 19.1 Å². The third kappa shape index (κ3) is 4.19. The maximum atomic E-state index is 6.07. The molecule has 2 aromatic rings. The van der Waals surface area contributed by atoms with E-state index < -0.39 is 0 Å². The molecular formula is C19H26N4O2. The molecule has 0 spiro atoms. The highest BCUT2D eigenvalue weighted by Gasteiger charge is 2.23. The van der Waals surface area contributed by atoms with Crippen molar-refractivity contribution < 1.29 is 9.26 Å². The fraction of sp³-hybridized carbons (Fsp3) is 0.579. The van der Waals surface area contributed by atoms with E-state index in [0.717, 1.165) is 44.6 Å². The Morgan fingerprint density at radius 3 is 2.56 bits per heavy atom. The molecule has 0 unspecified atom stereocenters. The van der Waals surface area contributed by atoms with Crippen LogP contribution in [0, 0.1) is 0 Å². The Kier molecular flexibility index (Phi) is 5.28. The SMILES string of the molecule is c1ccc(-c2nc(N3CCC(OCCN4CCCC4)CC3)no2)cc1. The molecular weight excluding hydrogens is 316 g/mol. The molecule has 6 nitrogen and oxygen atoms in total. The Labute approximate surface area is 148 Å². The molecule has 2 aliphatic heterocycles. The first-order valence-electron chi connectivity index (χ1n) is 9.36. The molecule has 3 heterocycles.